The van der Waals surface area contributed by atoms with Gasteiger partial charge >= 0.3 is 0 Å². The van der Waals surface area contributed by atoms with E-state index in [1.54, 1.807) is 0 Å². The highest BCUT2D eigenvalue weighted by molar-refractivity contribution is 5.64. The van der Waals surface area contributed by atoms with Crippen molar-refractivity contribution in [2.45, 2.75) is 52.4 Å². The Kier molecular flexibility index (Phi) is 2.97. The fourth-order valence-electron chi connectivity index (χ4n) is 1.93. The molecule has 0 aromatic heterocycles. The Hall–Kier alpha value is -1.18. The van der Waals surface area contributed by atoms with E-state index in [-0.39, 0.29) is 10.8 Å². The van der Waals surface area contributed by atoms with Gasteiger partial charge in [-0.1, -0.05) is 47.6 Å². The lowest BCUT2D eigenvalue weighted by Gasteiger charge is -2.27. The van der Waals surface area contributed by atoms with E-state index in [1.165, 1.54) is 11.1 Å². The van der Waals surface area contributed by atoms with Gasteiger partial charge in [0.2, 0.25) is 0 Å². The summed E-state index contributed by atoms with van der Waals surface area (Å²) in [4.78, 5) is 0. The summed E-state index contributed by atoms with van der Waals surface area (Å²) >= 11 is 0. The molecule has 1 rings (SSSR count). The minimum absolute atomic E-state index is 0.0534. The molecule has 0 spiro atoms. The normalized spacial score (nSPS) is 12.9. The van der Waals surface area contributed by atoms with Crippen molar-refractivity contribution < 1.29 is 0 Å². The lowest BCUT2D eigenvalue weighted by Crippen LogP contribution is -2.19. The highest BCUT2D eigenvalue weighted by atomic mass is 14.6. The fourth-order valence-corrected chi connectivity index (χ4v) is 1.93. The lowest BCUT2D eigenvalue weighted by molar-refractivity contribution is 0.572. The summed E-state index contributed by atoms with van der Waals surface area (Å²) < 4.78 is 0. The standard InChI is InChI=1S/C14H24N2/c1-13(2,3)9-7-10(14(4,5)6)12(16)8-11(9)15/h7-8H,15-16H2,1-6H3. The maximum Gasteiger partial charge on any atom is 0.0372 e. The molecule has 0 unspecified atom stereocenters. The van der Waals surface area contributed by atoms with Crippen LogP contribution in [0.5, 0.6) is 0 Å². The quantitative estimate of drug-likeness (QED) is 0.658. The monoisotopic (exact) mass is 220 g/mol. The Morgan fingerprint density at radius 3 is 1.25 bits per heavy atom. The largest absolute Gasteiger partial charge is 0.398 e. The number of benzene rings is 1. The van der Waals surface area contributed by atoms with Gasteiger partial charge in [-0.3, -0.25) is 0 Å². The first kappa shape index (κ1) is 12.9. The molecule has 1 aromatic carbocycles. The zero-order valence-corrected chi connectivity index (χ0v) is 11.3. The fraction of sp³-hybridized carbons (Fsp3) is 0.571. The molecule has 90 valence electrons. The molecule has 0 heterocycles. The zero-order chi connectivity index (χ0) is 12.7. The minimum Gasteiger partial charge on any atom is -0.398 e. The van der Waals surface area contributed by atoms with Crippen LogP contribution >= 0.6 is 0 Å². The second-order valence-corrected chi connectivity index (χ2v) is 6.53. The van der Waals surface area contributed by atoms with Gasteiger partial charge in [-0.25, -0.2) is 0 Å². The van der Waals surface area contributed by atoms with Crippen LogP contribution in [0.1, 0.15) is 52.7 Å². The third-order valence-corrected chi connectivity index (χ3v) is 2.84. The predicted octanol–water partition coefficient (Wildman–Crippen LogP) is 3.45. The number of nitrogens with two attached hydrogens (primary N) is 2. The first-order valence-corrected chi connectivity index (χ1v) is 5.73. The van der Waals surface area contributed by atoms with Crippen molar-refractivity contribution in [3.63, 3.8) is 0 Å². The van der Waals surface area contributed by atoms with Crippen LogP contribution in [-0.4, -0.2) is 0 Å². The third kappa shape index (κ3) is 2.49. The van der Waals surface area contributed by atoms with Crippen molar-refractivity contribution >= 4 is 11.4 Å². The molecule has 0 saturated heterocycles. The highest BCUT2D eigenvalue weighted by Gasteiger charge is 2.23. The van der Waals surface area contributed by atoms with Crippen molar-refractivity contribution in [3.05, 3.63) is 23.3 Å². The highest BCUT2D eigenvalue weighted by Crippen LogP contribution is 2.36. The van der Waals surface area contributed by atoms with Gasteiger partial charge in [-0.05, 0) is 28.0 Å². The molecular formula is C14H24N2. The molecule has 2 heteroatoms. The van der Waals surface area contributed by atoms with Gasteiger partial charge in [0, 0.05) is 11.4 Å². The lowest BCUT2D eigenvalue weighted by atomic mass is 9.79. The van der Waals surface area contributed by atoms with Crippen LogP contribution in [0.25, 0.3) is 0 Å². The molecule has 0 radical (unpaired) electrons. The Morgan fingerprint density at radius 1 is 0.688 bits per heavy atom. The Morgan fingerprint density at radius 2 is 1.00 bits per heavy atom. The Balaban J connectivity index is 3.45. The van der Waals surface area contributed by atoms with Crippen molar-refractivity contribution in [2.75, 3.05) is 11.5 Å². The van der Waals surface area contributed by atoms with Gasteiger partial charge < -0.3 is 11.5 Å². The molecule has 0 aliphatic carbocycles. The van der Waals surface area contributed by atoms with Crippen LogP contribution in [0, 0.1) is 0 Å². The van der Waals surface area contributed by atoms with Crippen LogP contribution in [0.15, 0.2) is 12.1 Å². The second kappa shape index (κ2) is 3.69. The number of hydrogen-bond acceptors (Lipinski definition) is 2. The molecule has 4 N–H and O–H groups in total. The van der Waals surface area contributed by atoms with E-state index in [0.29, 0.717) is 0 Å². The zero-order valence-electron chi connectivity index (χ0n) is 11.3. The predicted molar refractivity (Wildman–Crippen MR) is 72.7 cm³/mol. The van der Waals surface area contributed by atoms with Gasteiger partial charge in [-0.2, -0.15) is 0 Å². The average molecular weight is 220 g/mol. The summed E-state index contributed by atoms with van der Waals surface area (Å²) in [6.45, 7) is 13.0. The van der Waals surface area contributed by atoms with E-state index in [0.717, 1.165) is 11.4 Å². The molecule has 16 heavy (non-hydrogen) atoms. The SMILES string of the molecule is CC(C)(C)c1cc(C(C)(C)C)c(N)cc1N. The van der Waals surface area contributed by atoms with Crippen molar-refractivity contribution in [3.8, 4) is 0 Å². The maximum atomic E-state index is 6.04. The van der Waals surface area contributed by atoms with Gasteiger partial charge in [0.25, 0.3) is 0 Å². The molecule has 1 aromatic rings. The molecule has 0 amide bonds. The molecule has 0 bridgehead atoms. The minimum atomic E-state index is 0.0534. The molecule has 2 nitrogen and oxygen atoms in total. The number of nitrogen functional groups attached to an aromatic ring is 2. The molecule has 0 aliphatic rings. The van der Waals surface area contributed by atoms with Crippen molar-refractivity contribution in [2.24, 2.45) is 0 Å². The number of anilines is 2. The first-order chi connectivity index (χ1) is 7.03. The van der Waals surface area contributed by atoms with Gasteiger partial charge in [0.1, 0.15) is 0 Å². The van der Waals surface area contributed by atoms with Gasteiger partial charge in [0.15, 0.2) is 0 Å². The van der Waals surface area contributed by atoms with E-state index in [4.69, 9.17) is 11.5 Å². The molecule has 0 atom stereocenters. The summed E-state index contributed by atoms with van der Waals surface area (Å²) in [5, 5.41) is 0. The summed E-state index contributed by atoms with van der Waals surface area (Å²) in [6, 6.07) is 4.05. The average Bonchev–Trinajstić information content (AvgIpc) is 1.97. The van der Waals surface area contributed by atoms with Crippen molar-refractivity contribution in [1.29, 1.82) is 0 Å². The number of rotatable bonds is 0. The smallest absolute Gasteiger partial charge is 0.0372 e. The Bertz CT molecular complexity index is 357. The van der Waals surface area contributed by atoms with E-state index in [1.807, 2.05) is 6.07 Å². The van der Waals surface area contributed by atoms with Crippen molar-refractivity contribution in [1.82, 2.24) is 0 Å². The Labute approximate surface area is 99.0 Å². The van der Waals surface area contributed by atoms with E-state index in [9.17, 15) is 0 Å². The van der Waals surface area contributed by atoms with Gasteiger partial charge in [0.05, 0.1) is 0 Å². The summed E-state index contributed by atoms with van der Waals surface area (Å²) in [5.41, 5.74) is 16.1. The topological polar surface area (TPSA) is 52.0 Å². The van der Waals surface area contributed by atoms with Crippen LogP contribution in [0.3, 0.4) is 0 Å². The first-order valence-electron chi connectivity index (χ1n) is 5.73. The van der Waals surface area contributed by atoms with Crippen LogP contribution in [0.2, 0.25) is 0 Å². The van der Waals surface area contributed by atoms with Crippen LogP contribution in [-0.2, 0) is 10.8 Å². The van der Waals surface area contributed by atoms with E-state index >= 15 is 0 Å². The molecular weight excluding hydrogens is 196 g/mol. The maximum absolute atomic E-state index is 6.04. The van der Waals surface area contributed by atoms with Gasteiger partial charge in [-0.15, -0.1) is 0 Å². The molecule has 0 saturated carbocycles. The van der Waals surface area contributed by atoms with Crippen LogP contribution in [0.4, 0.5) is 11.4 Å². The molecule has 0 fully saturated rings. The summed E-state index contributed by atoms with van der Waals surface area (Å²) in [5.74, 6) is 0. The molecule has 0 aliphatic heterocycles. The third-order valence-electron chi connectivity index (χ3n) is 2.84. The number of hydrogen-bond donors (Lipinski definition) is 2. The van der Waals surface area contributed by atoms with E-state index in [2.05, 4.69) is 47.6 Å². The summed E-state index contributed by atoms with van der Waals surface area (Å²) in [7, 11) is 0. The summed E-state index contributed by atoms with van der Waals surface area (Å²) in [6.07, 6.45) is 0. The van der Waals surface area contributed by atoms with Crippen LogP contribution < -0.4 is 11.5 Å². The van der Waals surface area contributed by atoms with E-state index < -0.39 is 0 Å². The second-order valence-electron chi connectivity index (χ2n) is 6.53.